The Morgan fingerprint density at radius 1 is 1.36 bits per heavy atom. The summed E-state index contributed by atoms with van der Waals surface area (Å²) in [5.41, 5.74) is 4.72. The molecule has 0 saturated heterocycles. The molecule has 1 aliphatic carbocycles. The van der Waals surface area contributed by atoms with Gasteiger partial charge in [-0.15, -0.1) is 11.3 Å². The lowest BCUT2D eigenvalue weighted by Gasteiger charge is -2.15. The number of anilines is 1. The molecule has 0 unspecified atom stereocenters. The van der Waals surface area contributed by atoms with Crippen molar-refractivity contribution < 1.29 is 4.79 Å². The van der Waals surface area contributed by atoms with Crippen molar-refractivity contribution in [1.29, 1.82) is 0 Å². The Kier molecular flexibility index (Phi) is 4.30. The van der Waals surface area contributed by atoms with Gasteiger partial charge in [0.2, 0.25) is 5.91 Å². The van der Waals surface area contributed by atoms with Crippen LogP contribution in [0.4, 0.5) is 5.13 Å². The maximum atomic E-state index is 12.2. The average Bonchev–Trinajstić information content (AvgIpc) is 2.84. The first-order valence-corrected chi connectivity index (χ1v) is 8.67. The van der Waals surface area contributed by atoms with Gasteiger partial charge in [-0.1, -0.05) is 25.1 Å². The van der Waals surface area contributed by atoms with Gasteiger partial charge in [-0.3, -0.25) is 4.79 Å². The molecule has 116 valence electrons. The number of fused-ring (bicyclic) bond motifs is 1. The van der Waals surface area contributed by atoms with E-state index in [0.29, 0.717) is 6.42 Å². The summed E-state index contributed by atoms with van der Waals surface area (Å²) in [6, 6.07) is 6.18. The molecule has 3 nitrogen and oxygen atoms in total. The van der Waals surface area contributed by atoms with Crippen LogP contribution < -0.4 is 5.32 Å². The van der Waals surface area contributed by atoms with Gasteiger partial charge in [0, 0.05) is 4.88 Å². The second-order valence-corrected chi connectivity index (χ2v) is 7.46. The molecule has 1 amide bonds. The summed E-state index contributed by atoms with van der Waals surface area (Å²) in [6.07, 6.45) is 3.74. The van der Waals surface area contributed by atoms with Crippen LogP contribution in [0.25, 0.3) is 0 Å². The molecule has 0 saturated carbocycles. The summed E-state index contributed by atoms with van der Waals surface area (Å²) in [7, 11) is 0. The number of nitrogens with one attached hydrogen (secondary N) is 1. The van der Waals surface area contributed by atoms with Crippen LogP contribution in [-0.2, 0) is 24.1 Å². The molecule has 1 aromatic carbocycles. The Morgan fingerprint density at radius 2 is 2.18 bits per heavy atom. The van der Waals surface area contributed by atoms with E-state index in [0.717, 1.165) is 29.5 Å². The molecule has 0 aliphatic heterocycles. The number of hydrogen-bond donors (Lipinski definition) is 1. The Balaban J connectivity index is 1.65. The van der Waals surface area contributed by atoms with E-state index >= 15 is 0 Å². The van der Waals surface area contributed by atoms with Gasteiger partial charge < -0.3 is 5.32 Å². The highest BCUT2D eigenvalue weighted by atomic mass is 32.1. The normalized spacial score (nSPS) is 17.1. The number of amides is 1. The molecule has 2 aromatic rings. The van der Waals surface area contributed by atoms with Gasteiger partial charge in [-0.2, -0.15) is 0 Å². The van der Waals surface area contributed by atoms with Crippen molar-refractivity contribution in [3.8, 4) is 0 Å². The van der Waals surface area contributed by atoms with Gasteiger partial charge in [-0.05, 0) is 55.7 Å². The molecule has 3 rings (SSSR count). The highest BCUT2D eigenvalue weighted by molar-refractivity contribution is 7.15. The summed E-state index contributed by atoms with van der Waals surface area (Å²) in [4.78, 5) is 18.1. The Hall–Kier alpha value is -1.68. The van der Waals surface area contributed by atoms with Crippen molar-refractivity contribution in [2.45, 2.75) is 46.5 Å². The van der Waals surface area contributed by atoms with Crippen molar-refractivity contribution in [3.63, 3.8) is 0 Å². The predicted octanol–water partition coefficient (Wildman–Crippen LogP) is 4.07. The standard InChI is InChI=1S/C18H22N2OS/c1-11-4-7-15-16(8-11)22-18(19-15)20-17(21)10-14-6-5-12(2)13(3)9-14/h5-6,9,11H,4,7-8,10H2,1-3H3,(H,19,20,21)/t11-/m0/s1. The van der Waals surface area contributed by atoms with Crippen LogP contribution in [0.2, 0.25) is 0 Å². The molecular weight excluding hydrogens is 292 g/mol. The third kappa shape index (κ3) is 3.38. The fraction of sp³-hybridized carbons (Fsp3) is 0.444. The number of carbonyl (C=O) groups is 1. The van der Waals surface area contributed by atoms with Gasteiger partial charge in [-0.25, -0.2) is 4.98 Å². The number of aromatic nitrogens is 1. The quantitative estimate of drug-likeness (QED) is 0.928. The first kappa shape index (κ1) is 15.2. The number of carbonyl (C=O) groups excluding carboxylic acids is 1. The molecule has 22 heavy (non-hydrogen) atoms. The van der Waals surface area contributed by atoms with E-state index in [9.17, 15) is 4.79 Å². The van der Waals surface area contributed by atoms with E-state index in [1.165, 1.54) is 28.1 Å². The van der Waals surface area contributed by atoms with Crippen LogP contribution in [0, 0.1) is 19.8 Å². The first-order chi connectivity index (χ1) is 10.5. The van der Waals surface area contributed by atoms with E-state index < -0.39 is 0 Å². The monoisotopic (exact) mass is 314 g/mol. The second-order valence-electron chi connectivity index (χ2n) is 6.38. The van der Waals surface area contributed by atoms with E-state index in [4.69, 9.17) is 0 Å². The molecular formula is C18H22N2OS. The number of aryl methyl sites for hydroxylation is 3. The number of hydrogen-bond acceptors (Lipinski definition) is 3. The minimum Gasteiger partial charge on any atom is -0.302 e. The van der Waals surface area contributed by atoms with Crippen molar-refractivity contribution in [1.82, 2.24) is 4.98 Å². The van der Waals surface area contributed by atoms with Crippen molar-refractivity contribution in [3.05, 3.63) is 45.5 Å². The highest BCUT2D eigenvalue weighted by Gasteiger charge is 2.20. The lowest BCUT2D eigenvalue weighted by Crippen LogP contribution is -2.14. The molecule has 0 radical (unpaired) electrons. The molecule has 0 fully saturated rings. The van der Waals surface area contributed by atoms with Gasteiger partial charge in [0.05, 0.1) is 12.1 Å². The minimum atomic E-state index is 0.0161. The molecule has 1 heterocycles. The smallest absolute Gasteiger partial charge is 0.230 e. The molecule has 1 atom stereocenters. The second kappa shape index (κ2) is 6.21. The van der Waals surface area contributed by atoms with Gasteiger partial charge in [0.25, 0.3) is 0 Å². The van der Waals surface area contributed by atoms with Crippen LogP contribution in [0.15, 0.2) is 18.2 Å². The SMILES string of the molecule is Cc1ccc(CC(=O)Nc2nc3c(s2)C[C@@H](C)CC3)cc1C. The van der Waals surface area contributed by atoms with Crippen LogP contribution >= 0.6 is 11.3 Å². The van der Waals surface area contributed by atoms with Crippen molar-refractivity contribution in [2.24, 2.45) is 5.92 Å². The van der Waals surface area contributed by atoms with Gasteiger partial charge >= 0.3 is 0 Å². The number of rotatable bonds is 3. The summed E-state index contributed by atoms with van der Waals surface area (Å²) in [5.74, 6) is 0.745. The lowest BCUT2D eigenvalue weighted by atomic mass is 9.93. The number of nitrogens with zero attached hydrogens (tertiary/aromatic N) is 1. The maximum absolute atomic E-state index is 12.2. The third-order valence-electron chi connectivity index (χ3n) is 4.37. The van der Waals surface area contributed by atoms with Crippen LogP contribution in [0.1, 0.15) is 40.6 Å². The Bertz CT molecular complexity index is 705. The zero-order chi connectivity index (χ0) is 15.7. The molecule has 4 heteroatoms. The van der Waals surface area contributed by atoms with E-state index in [1.807, 2.05) is 6.07 Å². The fourth-order valence-corrected chi connectivity index (χ4v) is 4.04. The van der Waals surface area contributed by atoms with Crippen molar-refractivity contribution in [2.75, 3.05) is 5.32 Å². The molecule has 1 aliphatic rings. The van der Waals surface area contributed by atoms with Crippen LogP contribution in [0.5, 0.6) is 0 Å². The molecule has 0 bridgehead atoms. The van der Waals surface area contributed by atoms with Gasteiger partial charge in [0.15, 0.2) is 5.13 Å². The van der Waals surface area contributed by atoms with E-state index in [2.05, 4.69) is 43.2 Å². The highest BCUT2D eigenvalue weighted by Crippen LogP contribution is 2.32. The predicted molar refractivity (Wildman–Crippen MR) is 91.6 cm³/mol. The number of thiazole rings is 1. The Morgan fingerprint density at radius 3 is 2.95 bits per heavy atom. The third-order valence-corrected chi connectivity index (χ3v) is 5.40. The summed E-state index contributed by atoms with van der Waals surface area (Å²) in [5, 5.41) is 3.72. The largest absolute Gasteiger partial charge is 0.302 e. The Labute approximate surface area is 135 Å². The van der Waals surface area contributed by atoms with Crippen LogP contribution in [-0.4, -0.2) is 10.9 Å². The summed E-state index contributed by atoms with van der Waals surface area (Å²) < 4.78 is 0. The summed E-state index contributed by atoms with van der Waals surface area (Å²) in [6.45, 7) is 6.44. The maximum Gasteiger partial charge on any atom is 0.230 e. The van der Waals surface area contributed by atoms with Crippen molar-refractivity contribution >= 4 is 22.4 Å². The zero-order valence-corrected chi connectivity index (χ0v) is 14.2. The first-order valence-electron chi connectivity index (χ1n) is 7.86. The zero-order valence-electron chi connectivity index (χ0n) is 13.4. The average molecular weight is 314 g/mol. The summed E-state index contributed by atoms with van der Waals surface area (Å²) >= 11 is 1.64. The topological polar surface area (TPSA) is 42.0 Å². The van der Waals surface area contributed by atoms with Crippen LogP contribution in [0.3, 0.4) is 0 Å². The van der Waals surface area contributed by atoms with E-state index in [-0.39, 0.29) is 5.91 Å². The van der Waals surface area contributed by atoms with E-state index in [1.54, 1.807) is 11.3 Å². The molecule has 1 N–H and O–H groups in total. The lowest BCUT2D eigenvalue weighted by molar-refractivity contribution is -0.115. The molecule has 1 aromatic heterocycles. The molecule has 0 spiro atoms. The minimum absolute atomic E-state index is 0.0161. The fourth-order valence-electron chi connectivity index (χ4n) is 2.86. The number of benzene rings is 1. The van der Waals surface area contributed by atoms with Gasteiger partial charge in [0.1, 0.15) is 0 Å².